The van der Waals surface area contributed by atoms with E-state index >= 15 is 0 Å². The Balaban J connectivity index is 2.48. The van der Waals surface area contributed by atoms with Gasteiger partial charge in [-0.1, -0.05) is 32.9 Å². The maximum absolute atomic E-state index is 12.9. The molecule has 0 aliphatic heterocycles. The van der Waals surface area contributed by atoms with Gasteiger partial charge in [0.25, 0.3) is 8.32 Å². The minimum absolute atomic E-state index is 0.0147. The number of nitrogens with zero attached hydrogens (tertiary/aromatic N) is 2. The zero-order valence-electron chi connectivity index (χ0n) is 22.1. The molecule has 1 aromatic carbocycles. The quantitative estimate of drug-likeness (QED) is 0.313. The first-order valence-corrected chi connectivity index (χ1v) is 15.4. The first-order chi connectivity index (χ1) is 15.8. The van der Waals surface area contributed by atoms with Crippen LogP contribution in [0.4, 0.5) is 0 Å². The number of carbonyl (C=O) groups excluding carboxylic acids is 1. The number of hydrogen-bond donors (Lipinski definition) is 1. The van der Waals surface area contributed by atoms with Gasteiger partial charge in [-0.05, 0) is 37.9 Å². The molecule has 10 heteroatoms. The Kier molecular flexibility index (Phi) is 9.23. The summed E-state index contributed by atoms with van der Waals surface area (Å²) in [5, 5.41) is 3.79. The summed E-state index contributed by atoms with van der Waals surface area (Å²) in [7, 11) is 0.700. The van der Waals surface area contributed by atoms with Crippen LogP contribution in [-0.2, 0) is 10.5 Å². The lowest BCUT2D eigenvalue weighted by Crippen LogP contribution is -2.48. The number of carbonyl (C=O) groups is 1. The second-order valence-corrected chi connectivity index (χ2v) is 15.4. The van der Waals surface area contributed by atoms with Gasteiger partial charge in [0.2, 0.25) is 5.89 Å². The first-order valence-electron chi connectivity index (χ1n) is 11.4. The molecule has 1 aromatic heterocycles. The number of methoxy groups -OCH3 is 2. The highest BCUT2D eigenvalue weighted by Crippen LogP contribution is 2.47. The van der Waals surface area contributed by atoms with E-state index < -0.39 is 20.3 Å². The fraction of sp³-hybridized carbons (Fsp3) is 0.625. The van der Waals surface area contributed by atoms with E-state index in [0.717, 1.165) is 11.1 Å². The molecule has 0 aliphatic carbocycles. The molecule has 2 rings (SSSR count). The van der Waals surface area contributed by atoms with Crippen molar-refractivity contribution in [3.63, 3.8) is 0 Å². The van der Waals surface area contributed by atoms with E-state index in [2.05, 4.69) is 50.9 Å². The molecule has 190 valence electrons. The van der Waals surface area contributed by atoms with Crippen LogP contribution in [0.25, 0.3) is 0 Å². The summed E-state index contributed by atoms with van der Waals surface area (Å²) in [6.07, 6.45) is 0. The van der Waals surface area contributed by atoms with Crippen molar-refractivity contribution >= 4 is 26.0 Å². The molecular formula is C24H39N3O5SSi. The molecule has 2 N–H and O–H groups in total. The highest BCUT2D eigenvalue weighted by Gasteiger charge is 2.45. The van der Waals surface area contributed by atoms with E-state index in [1.54, 1.807) is 25.8 Å². The van der Waals surface area contributed by atoms with Crippen molar-refractivity contribution in [3.8, 4) is 11.5 Å². The van der Waals surface area contributed by atoms with Crippen molar-refractivity contribution < 1.29 is 23.2 Å². The lowest BCUT2D eigenvalue weighted by molar-refractivity contribution is 0.0598. The summed E-state index contributed by atoms with van der Waals surface area (Å²) in [4.78, 5) is 17.1. The third-order valence-corrected chi connectivity index (χ3v) is 12.5. The molecule has 0 saturated carbocycles. The van der Waals surface area contributed by atoms with E-state index in [1.165, 1.54) is 7.11 Å². The molecule has 0 aliphatic rings. The average Bonchev–Trinajstić information content (AvgIpc) is 3.20. The second kappa shape index (κ2) is 11.1. The SMILES string of the molecule is COC(=O)c1c(C)c(OC)cc(O[Si](C)(C)C(C)(C)C(C)C)c1CSC[C@H](N)c1nc(C)no1. The van der Waals surface area contributed by atoms with Crippen LogP contribution in [0.15, 0.2) is 10.6 Å². The maximum Gasteiger partial charge on any atom is 0.338 e. The first kappa shape index (κ1) is 28.2. The van der Waals surface area contributed by atoms with E-state index in [9.17, 15) is 4.79 Å². The molecule has 0 fully saturated rings. The van der Waals surface area contributed by atoms with E-state index in [0.29, 0.717) is 46.2 Å². The lowest BCUT2D eigenvalue weighted by Gasteiger charge is -2.43. The number of nitrogens with two attached hydrogens (primary N) is 1. The molecule has 34 heavy (non-hydrogen) atoms. The number of esters is 1. The molecule has 8 nitrogen and oxygen atoms in total. The zero-order valence-corrected chi connectivity index (χ0v) is 23.9. The smallest absolute Gasteiger partial charge is 0.338 e. The van der Waals surface area contributed by atoms with Crippen LogP contribution >= 0.6 is 11.8 Å². The van der Waals surface area contributed by atoms with Crippen LogP contribution in [0.3, 0.4) is 0 Å². The van der Waals surface area contributed by atoms with Crippen molar-refractivity contribution in [2.24, 2.45) is 11.7 Å². The van der Waals surface area contributed by atoms with E-state index in [1.807, 2.05) is 13.0 Å². The summed E-state index contributed by atoms with van der Waals surface area (Å²) in [5.41, 5.74) is 8.22. The van der Waals surface area contributed by atoms with E-state index in [4.69, 9.17) is 24.2 Å². The number of aromatic nitrogens is 2. The minimum atomic E-state index is -2.27. The number of rotatable bonds is 11. The Morgan fingerprint density at radius 2 is 1.88 bits per heavy atom. The Labute approximate surface area is 208 Å². The zero-order chi connectivity index (χ0) is 25.8. The van der Waals surface area contributed by atoms with Crippen molar-refractivity contribution in [1.82, 2.24) is 10.1 Å². The molecule has 1 atom stereocenters. The van der Waals surface area contributed by atoms with Crippen molar-refractivity contribution in [2.45, 2.75) is 71.5 Å². The summed E-state index contributed by atoms with van der Waals surface area (Å²) in [5.74, 6) is 3.23. The molecule has 0 bridgehead atoms. The largest absolute Gasteiger partial charge is 0.543 e. The Bertz CT molecular complexity index is 1010. The third-order valence-electron chi connectivity index (χ3n) is 6.98. The average molecular weight is 510 g/mol. The number of ether oxygens (including phenoxy) is 2. The Hall–Kier alpha value is -2.04. The van der Waals surface area contributed by atoms with Crippen molar-refractivity contribution in [1.29, 1.82) is 0 Å². The second-order valence-electron chi connectivity index (χ2n) is 9.84. The van der Waals surface area contributed by atoms with Crippen molar-refractivity contribution in [2.75, 3.05) is 20.0 Å². The van der Waals surface area contributed by atoms with Gasteiger partial charge in [-0.3, -0.25) is 0 Å². The van der Waals surface area contributed by atoms with Gasteiger partial charge in [0, 0.05) is 28.7 Å². The highest BCUT2D eigenvalue weighted by molar-refractivity contribution is 7.98. The number of benzene rings is 1. The van der Waals surface area contributed by atoms with Crippen LogP contribution in [0.2, 0.25) is 18.1 Å². The molecule has 0 amide bonds. The van der Waals surface area contributed by atoms with Gasteiger partial charge in [0.15, 0.2) is 5.82 Å². The predicted molar refractivity (Wildman–Crippen MR) is 138 cm³/mol. The van der Waals surface area contributed by atoms with Crippen LogP contribution in [-0.4, -0.2) is 44.4 Å². The molecule has 2 aromatic rings. The molecule has 0 unspecified atom stereocenters. The molecule has 0 saturated heterocycles. The topological polar surface area (TPSA) is 110 Å². The summed E-state index contributed by atoms with van der Waals surface area (Å²) in [6.45, 7) is 17.0. The minimum Gasteiger partial charge on any atom is -0.543 e. The number of thioether (sulfide) groups is 1. The fourth-order valence-electron chi connectivity index (χ4n) is 3.54. The van der Waals surface area contributed by atoms with Gasteiger partial charge in [0.1, 0.15) is 11.5 Å². The van der Waals surface area contributed by atoms with Gasteiger partial charge in [0.05, 0.1) is 25.8 Å². The monoisotopic (exact) mass is 509 g/mol. The highest BCUT2D eigenvalue weighted by atomic mass is 32.2. The van der Waals surface area contributed by atoms with Crippen LogP contribution in [0.1, 0.15) is 66.9 Å². The van der Waals surface area contributed by atoms with Gasteiger partial charge >= 0.3 is 5.97 Å². The number of hydrogen-bond acceptors (Lipinski definition) is 9. The van der Waals surface area contributed by atoms with Crippen LogP contribution in [0, 0.1) is 19.8 Å². The third kappa shape index (κ3) is 5.95. The summed E-state index contributed by atoms with van der Waals surface area (Å²) >= 11 is 1.57. The molecular weight excluding hydrogens is 470 g/mol. The van der Waals surface area contributed by atoms with Gasteiger partial charge in [-0.2, -0.15) is 16.7 Å². The van der Waals surface area contributed by atoms with E-state index in [-0.39, 0.29) is 5.04 Å². The summed E-state index contributed by atoms with van der Waals surface area (Å²) < 4.78 is 22.7. The standard InChI is InChI=1S/C24H39N3O5SSi/c1-14(2)24(5,6)34(9,10)32-20-11-19(29-7)15(3)21(23(28)30-8)17(20)12-33-13-18(25)22-26-16(4)27-31-22/h11,14,18H,12-13,25H2,1-10H3/t18-/m0/s1. The van der Waals surface area contributed by atoms with Crippen molar-refractivity contribution in [3.05, 3.63) is 34.5 Å². The Morgan fingerprint density at radius 1 is 1.24 bits per heavy atom. The Morgan fingerprint density at radius 3 is 2.38 bits per heavy atom. The van der Waals surface area contributed by atoms with Gasteiger partial charge in [-0.15, -0.1) is 0 Å². The number of aryl methyl sites for hydroxylation is 1. The molecule has 1 heterocycles. The summed E-state index contributed by atoms with van der Waals surface area (Å²) in [6, 6.07) is 1.48. The van der Waals surface area contributed by atoms with Gasteiger partial charge < -0.3 is 24.2 Å². The normalized spacial score (nSPS) is 13.2. The lowest BCUT2D eigenvalue weighted by atomic mass is 9.99. The predicted octanol–water partition coefficient (Wildman–Crippen LogP) is 5.43. The van der Waals surface area contributed by atoms with Crippen LogP contribution in [0.5, 0.6) is 11.5 Å². The fourth-order valence-corrected chi connectivity index (χ4v) is 6.93. The molecule has 0 radical (unpaired) electrons. The van der Waals surface area contributed by atoms with Crippen LogP contribution < -0.4 is 14.9 Å². The molecule has 0 spiro atoms. The maximum atomic E-state index is 12.9. The van der Waals surface area contributed by atoms with Gasteiger partial charge in [-0.25, -0.2) is 4.79 Å².